The van der Waals surface area contributed by atoms with Gasteiger partial charge in [-0.15, -0.1) is 9.42 Å². The molecule has 0 fully saturated rings. The first-order valence-electron chi connectivity index (χ1n) is 4.20. The minimum atomic E-state index is -2.78. The third-order valence-corrected chi connectivity index (χ3v) is 2.45. The van der Waals surface area contributed by atoms with Crippen LogP contribution in [0.25, 0.3) is 0 Å². The molecule has 0 aromatic heterocycles. The third kappa shape index (κ3) is 3.54. The number of benzene rings is 1. The van der Waals surface area contributed by atoms with E-state index in [0.29, 0.717) is 5.75 Å². The van der Waals surface area contributed by atoms with Crippen molar-refractivity contribution >= 4 is 25.6 Å². The molecule has 0 aliphatic carbocycles. The molecule has 0 aliphatic rings. The second-order valence-corrected chi connectivity index (χ2v) is 3.92. The smallest absolute Gasteiger partial charge is 0.497 e. The molecule has 0 bridgehead atoms. The van der Waals surface area contributed by atoms with Gasteiger partial charge in [0.15, 0.2) is 12.4 Å². The van der Waals surface area contributed by atoms with Gasteiger partial charge in [-0.05, 0) is 18.2 Å². The van der Waals surface area contributed by atoms with Crippen LogP contribution in [0, 0.1) is 0 Å². The Morgan fingerprint density at radius 1 is 1.56 bits per heavy atom. The minimum Gasteiger partial charge on any atom is -0.497 e. The lowest BCUT2D eigenvalue weighted by Gasteiger charge is -2.03. The molecule has 0 saturated carbocycles. The Bertz CT molecular complexity index is 420. The molecule has 1 aromatic carbocycles. The summed E-state index contributed by atoms with van der Waals surface area (Å²) in [7, 11) is -1.30. The van der Waals surface area contributed by atoms with Crippen LogP contribution in [0.15, 0.2) is 18.2 Å². The topological polar surface area (TPSA) is 72.8 Å². The summed E-state index contributed by atoms with van der Waals surface area (Å²) in [5.74, 6) is 0.0563. The quantitative estimate of drug-likeness (QED) is 0.651. The number of Topliss-reactive ketones (excluding diaryl/α,β-unsaturated/α-hetero) is 1. The number of rotatable bonds is 5. The first kappa shape index (κ1) is 13.1. The maximum atomic E-state index is 11.5. The zero-order valence-corrected chi connectivity index (χ0v) is 9.99. The van der Waals surface area contributed by atoms with E-state index in [0.717, 1.165) is 0 Å². The molecule has 0 radical (unpaired) electrons. The summed E-state index contributed by atoms with van der Waals surface area (Å²) < 4.78 is 19.5. The maximum absolute atomic E-state index is 11.5. The van der Waals surface area contributed by atoms with Gasteiger partial charge in [-0.25, -0.2) is 0 Å². The number of ketones is 1. The lowest BCUT2D eigenvalue weighted by molar-refractivity contribution is 0.0917. The summed E-state index contributed by atoms with van der Waals surface area (Å²) >= 11 is 5.83. The molecule has 16 heavy (non-hydrogen) atoms. The van der Waals surface area contributed by atoms with Crippen LogP contribution in [0.3, 0.4) is 0 Å². The Morgan fingerprint density at radius 3 is 2.75 bits per heavy atom. The van der Waals surface area contributed by atoms with Crippen LogP contribution in [0.1, 0.15) is 10.4 Å². The monoisotopic (exact) mass is 263 g/mol. The number of carbonyl (C=O) groups excluding carboxylic acids is 1. The Morgan fingerprint density at radius 2 is 2.25 bits per heavy atom. The molecular weight excluding hydrogens is 255 g/mol. The molecule has 0 aliphatic heterocycles. The molecule has 1 N–H and O–H groups in total. The summed E-state index contributed by atoms with van der Waals surface area (Å²) in [5.41, 5.74) is 0.222. The number of halogens is 1. The van der Waals surface area contributed by atoms with Crippen molar-refractivity contribution in [1.82, 2.24) is 0 Å². The highest BCUT2D eigenvalue weighted by atomic mass is 35.5. The zero-order chi connectivity index (χ0) is 12.1. The molecule has 86 valence electrons. The highest BCUT2D eigenvalue weighted by molar-refractivity contribution is 7.32. The van der Waals surface area contributed by atoms with E-state index in [1.165, 1.54) is 19.2 Å². The van der Waals surface area contributed by atoms with Gasteiger partial charge in [0.2, 0.25) is 0 Å². The summed E-state index contributed by atoms with van der Waals surface area (Å²) in [6.45, 7) is -0.488. The minimum absolute atomic E-state index is 0.209. The predicted molar refractivity (Wildman–Crippen MR) is 58.1 cm³/mol. The molecular formula is C9H9ClO5P+. The lowest BCUT2D eigenvalue weighted by atomic mass is 10.1. The van der Waals surface area contributed by atoms with E-state index in [2.05, 4.69) is 4.52 Å². The average molecular weight is 264 g/mol. The fourth-order valence-corrected chi connectivity index (χ4v) is 1.54. The van der Waals surface area contributed by atoms with E-state index in [-0.39, 0.29) is 10.6 Å². The van der Waals surface area contributed by atoms with E-state index in [1.807, 2.05) is 0 Å². The van der Waals surface area contributed by atoms with Crippen LogP contribution in [-0.4, -0.2) is 24.4 Å². The van der Waals surface area contributed by atoms with Gasteiger partial charge in [-0.1, -0.05) is 11.6 Å². The Kier molecular flexibility index (Phi) is 4.83. The highest BCUT2D eigenvalue weighted by Crippen LogP contribution is 2.24. The molecule has 1 aromatic rings. The van der Waals surface area contributed by atoms with Crippen molar-refractivity contribution in [3.8, 4) is 5.75 Å². The van der Waals surface area contributed by atoms with Gasteiger partial charge in [0.25, 0.3) is 0 Å². The number of hydrogen-bond acceptors (Lipinski definition) is 4. The molecule has 0 amide bonds. The molecule has 7 heteroatoms. The van der Waals surface area contributed by atoms with Crippen molar-refractivity contribution in [2.24, 2.45) is 0 Å². The number of carbonyl (C=O) groups is 1. The van der Waals surface area contributed by atoms with Crippen molar-refractivity contribution in [2.45, 2.75) is 0 Å². The first-order valence-corrected chi connectivity index (χ1v) is 5.71. The van der Waals surface area contributed by atoms with Crippen molar-refractivity contribution in [2.75, 3.05) is 13.7 Å². The van der Waals surface area contributed by atoms with E-state index in [9.17, 15) is 9.36 Å². The summed E-state index contributed by atoms with van der Waals surface area (Å²) in [6.07, 6.45) is 0. The Labute approximate surface area is 97.9 Å². The van der Waals surface area contributed by atoms with Crippen molar-refractivity contribution < 1.29 is 23.5 Å². The summed E-state index contributed by atoms with van der Waals surface area (Å²) in [6, 6.07) is 4.52. The van der Waals surface area contributed by atoms with Gasteiger partial charge >= 0.3 is 8.25 Å². The van der Waals surface area contributed by atoms with Crippen LogP contribution in [0.4, 0.5) is 0 Å². The van der Waals surface area contributed by atoms with Crippen molar-refractivity contribution in [1.29, 1.82) is 0 Å². The van der Waals surface area contributed by atoms with Crippen molar-refractivity contribution in [3.05, 3.63) is 28.8 Å². The number of methoxy groups -OCH3 is 1. The first-order chi connectivity index (χ1) is 7.54. The van der Waals surface area contributed by atoms with Gasteiger partial charge in [-0.3, -0.25) is 4.79 Å². The molecule has 1 unspecified atom stereocenters. The average Bonchev–Trinajstić information content (AvgIpc) is 2.25. The molecule has 1 atom stereocenters. The van der Waals surface area contributed by atoms with Crippen molar-refractivity contribution in [3.63, 3.8) is 0 Å². The third-order valence-electron chi connectivity index (χ3n) is 1.78. The second kappa shape index (κ2) is 5.92. The van der Waals surface area contributed by atoms with Crippen LogP contribution < -0.4 is 4.74 Å². The van der Waals surface area contributed by atoms with Gasteiger partial charge < -0.3 is 4.74 Å². The highest BCUT2D eigenvalue weighted by Gasteiger charge is 2.18. The van der Waals surface area contributed by atoms with E-state index in [1.54, 1.807) is 6.07 Å². The number of hydrogen-bond donors (Lipinski definition) is 1. The largest absolute Gasteiger partial charge is 0.695 e. The van der Waals surface area contributed by atoms with E-state index < -0.39 is 20.6 Å². The summed E-state index contributed by atoms with van der Waals surface area (Å²) in [5, 5.41) is 0.209. The van der Waals surface area contributed by atoms with Gasteiger partial charge in [0.1, 0.15) is 5.75 Å². The van der Waals surface area contributed by atoms with Crippen LogP contribution in [-0.2, 0) is 9.09 Å². The summed E-state index contributed by atoms with van der Waals surface area (Å²) in [4.78, 5) is 19.9. The van der Waals surface area contributed by atoms with Crippen LogP contribution in [0.2, 0.25) is 5.02 Å². The van der Waals surface area contributed by atoms with Gasteiger partial charge in [0, 0.05) is 10.1 Å². The molecule has 0 spiro atoms. The number of ether oxygens (including phenoxy) is 1. The Hall–Kier alpha value is -1.00. The lowest BCUT2D eigenvalue weighted by Crippen LogP contribution is -2.06. The normalized spacial score (nSPS) is 11.1. The van der Waals surface area contributed by atoms with Gasteiger partial charge in [-0.2, -0.15) is 0 Å². The zero-order valence-electron chi connectivity index (χ0n) is 8.34. The van der Waals surface area contributed by atoms with Crippen LogP contribution in [0.5, 0.6) is 5.75 Å². The second-order valence-electron chi connectivity index (χ2n) is 2.78. The molecule has 5 nitrogen and oxygen atoms in total. The van der Waals surface area contributed by atoms with E-state index in [4.69, 9.17) is 21.2 Å². The molecule has 0 saturated heterocycles. The maximum Gasteiger partial charge on any atom is 0.695 e. The van der Waals surface area contributed by atoms with E-state index >= 15 is 0 Å². The van der Waals surface area contributed by atoms with Crippen LogP contribution >= 0.6 is 19.9 Å². The predicted octanol–water partition coefficient (Wildman–Crippen LogP) is 2.20. The fourth-order valence-electron chi connectivity index (χ4n) is 1.04. The molecule has 0 heterocycles. The molecule has 1 rings (SSSR count). The Balaban J connectivity index is 2.79. The fraction of sp³-hybridized carbons (Fsp3) is 0.222. The SMILES string of the molecule is COc1ccc(C(=O)CO[P+](=O)O)c(Cl)c1. The standard InChI is InChI=1S/C9H8ClO5P/c1-14-6-2-3-7(8(10)4-6)9(11)5-15-16(12)13/h2-4H,5H2,1H3/p+1. The van der Waals surface area contributed by atoms with Gasteiger partial charge in [0.05, 0.1) is 12.1 Å².